The number of pyridine rings is 1. The van der Waals surface area contributed by atoms with Crippen LogP contribution in [-0.2, 0) is 6.18 Å². The largest absolute Gasteiger partial charge is 0.416 e. The molecule has 0 aliphatic carbocycles. The second kappa shape index (κ2) is 5.32. The first-order valence-electron chi connectivity index (χ1n) is 5.75. The molecule has 6 heteroatoms. The van der Waals surface area contributed by atoms with Crippen LogP contribution in [0.4, 0.5) is 13.2 Å². The predicted octanol–water partition coefficient (Wildman–Crippen LogP) is 3.97. The first-order chi connectivity index (χ1) is 9.41. The molecule has 0 saturated carbocycles. The van der Waals surface area contributed by atoms with Crippen molar-refractivity contribution in [2.75, 3.05) is 0 Å². The summed E-state index contributed by atoms with van der Waals surface area (Å²) in [4.78, 5) is 4.18. The summed E-state index contributed by atoms with van der Waals surface area (Å²) in [6.07, 6.45) is -4.39. The number of benzene rings is 1. The van der Waals surface area contributed by atoms with E-state index >= 15 is 0 Å². The molecule has 0 radical (unpaired) electrons. The molecule has 0 fully saturated rings. The maximum Gasteiger partial charge on any atom is 0.416 e. The van der Waals surface area contributed by atoms with Crippen LogP contribution in [0.2, 0.25) is 0 Å². The molecule has 0 unspecified atom stereocenters. The fourth-order valence-electron chi connectivity index (χ4n) is 1.70. The van der Waals surface area contributed by atoms with Gasteiger partial charge in [-0.15, -0.1) is 0 Å². The zero-order valence-corrected chi connectivity index (χ0v) is 10.5. The van der Waals surface area contributed by atoms with Crippen molar-refractivity contribution in [3.05, 3.63) is 53.7 Å². The van der Waals surface area contributed by atoms with Crippen molar-refractivity contribution in [3.8, 4) is 11.3 Å². The molecular formula is C14H11F3N2O. The van der Waals surface area contributed by atoms with Crippen molar-refractivity contribution in [1.29, 1.82) is 0 Å². The minimum Gasteiger partial charge on any atom is -0.411 e. The van der Waals surface area contributed by atoms with Gasteiger partial charge in [-0.3, -0.25) is 0 Å². The van der Waals surface area contributed by atoms with E-state index in [1.807, 2.05) is 0 Å². The van der Waals surface area contributed by atoms with E-state index < -0.39 is 11.7 Å². The van der Waals surface area contributed by atoms with Crippen LogP contribution >= 0.6 is 0 Å². The Morgan fingerprint density at radius 1 is 1.15 bits per heavy atom. The topological polar surface area (TPSA) is 45.5 Å². The van der Waals surface area contributed by atoms with Gasteiger partial charge in [0, 0.05) is 5.56 Å². The van der Waals surface area contributed by atoms with E-state index in [4.69, 9.17) is 5.21 Å². The molecule has 0 spiro atoms. The molecule has 1 N–H and O–H groups in total. The molecule has 2 rings (SSSR count). The van der Waals surface area contributed by atoms with Crippen LogP contribution in [0.25, 0.3) is 11.3 Å². The van der Waals surface area contributed by atoms with Gasteiger partial charge in [0.15, 0.2) is 0 Å². The van der Waals surface area contributed by atoms with E-state index in [0.717, 1.165) is 12.1 Å². The fourth-order valence-corrected chi connectivity index (χ4v) is 1.70. The predicted molar refractivity (Wildman–Crippen MR) is 68.7 cm³/mol. The second-order valence-electron chi connectivity index (χ2n) is 4.17. The molecule has 0 aliphatic rings. The number of hydrogen-bond acceptors (Lipinski definition) is 3. The highest BCUT2D eigenvalue weighted by Gasteiger charge is 2.30. The zero-order valence-electron chi connectivity index (χ0n) is 10.5. The summed E-state index contributed by atoms with van der Waals surface area (Å²) in [5, 5.41) is 11.7. The summed E-state index contributed by atoms with van der Waals surface area (Å²) >= 11 is 0. The van der Waals surface area contributed by atoms with E-state index in [9.17, 15) is 13.2 Å². The lowest BCUT2D eigenvalue weighted by Crippen LogP contribution is -2.05. The Kier molecular flexibility index (Phi) is 3.74. The molecule has 1 aromatic heterocycles. The Labute approximate surface area is 113 Å². The monoisotopic (exact) mass is 280 g/mol. The first kappa shape index (κ1) is 14.0. The standard InChI is InChI=1S/C14H11F3N2O/c1-9(19-20)12-6-3-7-13(18-12)10-4-2-5-11(8-10)14(15,16)17/h2-8,20H,1H3/b19-9+. The zero-order chi connectivity index (χ0) is 14.8. The number of aromatic nitrogens is 1. The summed E-state index contributed by atoms with van der Waals surface area (Å²) in [5.41, 5.74) is 0.708. The van der Waals surface area contributed by atoms with Gasteiger partial charge in [-0.05, 0) is 31.2 Å². The number of hydrogen-bond donors (Lipinski definition) is 1. The average Bonchev–Trinajstić information content (AvgIpc) is 2.46. The third kappa shape index (κ3) is 2.96. The van der Waals surface area contributed by atoms with Crippen LogP contribution in [0.15, 0.2) is 47.6 Å². The van der Waals surface area contributed by atoms with Crippen molar-refractivity contribution >= 4 is 5.71 Å². The molecule has 3 nitrogen and oxygen atoms in total. The number of alkyl halides is 3. The normalized spacial score (nSPS) is 12.5. The molecule has 1 aromatic carbocycles. The van der Waals surface area contributed by atoms with Gasteiger partial charge in [0.25, 0.3) is 0 Å². The SMILES string of the molecule is C/C(=N\O)c1cccc(-c2cccc(C(F)(F)F)c2)n1. The molecular weight excluding hydrogens is 269 g/mol. The number of halogens is 3. The van der Waals surface area contributed by atoms with Crippen LogP contribution in [-0.4, -0.2) is 15.9 Å². The van der Waals surface area contributed by atoms with Gasteiger partial charge >= 0.3 is 6.18 Å². The van der Waals surface area contributed by atoms with Gasteiger partial charge in [0.2, 0.25) is 0 Å². The average molecular weight is 280 g/mol. The summed E-state index contributed by atoms with van der Waals surface area (Å²) in [5.74, 6) is 0. The van der Waals surface area contributed by atoms with E-state index in [-0.39, 0.29) is 0 Å². The molecule has 0 saturated heterocycles. The molecule has 2 aromatic rings. The van der Waals surface area contributed by atoms with Crippen molar-refractivity contribution in [2.45, 2.75) is 13.1 Å². The van der Waals surface area contributed by atoms with Crippen LogP contribution in [0.3, 0.4) is 0 Å². The maximum atomic E-state index is 12.7. The molecule has 0 bridgehead atoms. The van der Waals surface area contributed by atoms with Crippen molar-refractivity contribution < 1.29 is 18.4 Å². The third-order valence-corrected chi connectivity index (χ3v) is 2.76. The lowest BCUT2D eigenvalue weighted by molar-refractivity contribution is -0.137. The Hall–Kier alpha value is -2.37. The number of nitrogens with zero attached hydrogens (tertiary/aromatic N) is 2. The highest BCUT2D eigenvalue weighted by Crippen LogP contribution is 2.31. The summed E-state index contributed by atoms with van der Waals surface area (Å²) in [6, 6.07) is 9.79. The van der Waals surface area contributed by atoms with Crippen LogP contribution in [0.1, 0.15) is 18.2 Å². The fraction of sp³-hybridized carbons (Fsp3) is 0.143. The van der Waals surface area contributed by atoms with Gasteiger partial charge in [-0.1, -0.05) is 23.4 Å². The summed E-state index contributed by atoms with van der Waals surface area (Å²) < 4.78 is 38.0. The van der Waals surface area contributed by atoms with E-state index in [1.165, 1.54) is 6.07 Å². The molecule has 0 amide bonds. The number of oxime groups is 1. The Morgan fingerprint density at radius 2 is 1.85 bits per heavy atom. The minimum absolute atomic E-state index is 0.291. The Morgan fingerprint density at radius 3 is 2.50 bits per heavy atom. The smallest absolute Gasteiger partial charge is 0.411 e. The lowest BCUT2D eigenvalue weighted by atomic mass is 10.1. The van der Waals surface area contributed by atoms with Gasteiger partial charge in [0.05, 0.1) is 17.0 Å². The summed E-state index contributed by atoms with van der Waals surface area (Å²) in [7, 11) is 0. The minimum atomic E-state index is -4.39. The quantitative estimate of drug-likeness (QED) is 0.514. The lowest BCUT2D eigenvalue weighted by Gasteiger charge is -2.09. The van der Waals surface area contributed by atoms with Gasteiger partial charge in [-0.2, -0.15) is 13.2 Å². The van der Waals surface area contributed by atoms with Crippen LogP contribution in [0.5, 0.6) is 0 Å². The second-order valence-corrected chi connectivity index (χ2v) is 4.17. The maximum absolute atomic E-state index is 12.7. The van der Waals surface area contributed by atoms with E-state index in [0.29, 0.717) is 22.7 Å². The number of rotatable bonds is 2. The highest BCUT2D eigenvalue weighted by molar-refractivity contribution is 5.96. The molecule has 104 valence electrons. The summed E-state index contributed by atoms with van der Waals surface area (Å²) in [6.45, 7) is 1.55. The van der Waals surface area contributed by atoms with E-state index in [2.05, 4.69) is 10.1 Å². The molecule has 0 aliphatic heterocycles. The van der Waals surface area contributed by atoms with Crippen molar-refractivity contribution in [2.24, 2.45) is 5.16 Å². The first-order valence-corrected chi connectivity index (χ1v) is 5.75. The van der Waals surface area contributed by atoms with Gasteiger partial charge in [-0.25, -0.2) is 4.98 Å². The van der Waals surface area contributed by atoms with E-state index in [1.54, 1.807) is 31.2 Å². The molecule has 1 heterocycles. The Bertz CT molecular complexity index is 651. The third-order valence-electron chi connectivity index (χ3n) is 2.76. The van der Waals surface area contributed by atoms with Gasteiger partial charge in [0.1, 0.15) is 5.71 Å². The highest BCUT2D eigenvalue weighted by atomic mass is 19.4. The molecule has 20 heavy (non-hydrogen) atoms. The van der Waals surface area contributed by atoms with Crippen molar-refractivity contribution in [1.82, 2.24) is 4.98 Å². The van der Waals surface area contributed by atoms with Crippen LogP contribution in [0, 0.1) is 0 Å². The van der Waals surface area contributed by atoms with Crippen molar-refractivity contribution in [3.63, 3.8) is 0 Å². The van der Waals surface area contributed by atoms with Crippen LogP contribution < -0.4 is 0 Å². The van der Waals surface area contributed by atoms with Gasteiger partial charge < -0.3 is 5.21 Å². The molecule has 0 atom stereocenters. The Balaban J connectivity index is 2.47.